The monoisotopic (exact) mass is 601 g/mol. The quantitative estimate of drug-likeness (QED) is 0.237. The Bertz CT molecular complexity index is 1630. The number of hydrogen-bond donors (Lipinski definition) is 4. The molecule has 2 heterocycles. The summed E-state index contributed by atoms with van der Waals surface area (Å²) in [6.45, 7) is 5.74. The van der Waals surface area contributed by atoms with Crippen LogP contribution in [-0.4, -0.2) is 44.3 Å². The van der Waals surface area contributed by atoms with Crippen molar-refractivity contribution in [1.82, 2.24) is 10.6 Å². The van der Waals surface area contributed by atoms with E-state index in [1.54, 1.807) is 44.3 Å². The van der Waals surface area contributed by atoms with Crippen LogP contribution in [0.15, 0.2) is 58.4 Å². The SMILES string of the molecule is COc1cc(C(=O)NC[C@H](C2=CC3=C(OC[C@]3(C)C(N)=O)C(C)(c3cccc(C)c3F)N2)C2CC2)cc(C=NC2CC2)c1N. The predicted octanol–water partition coefficient (Wildman–Crippen LogP) is 4.24. The Kier molecular flexibility index (Phi) is 7.42. The Hall–Kier alpha value is -4.34. The van der Waals surface area contributed by atoms with Crippen molar-refractivity contribution in [2.24, 2.45) is 28.0 Å². The minimum Gasteiger partial charge on any atom is -0.495 e. The molecule has 0 spiro atoms. The fraction of sp³-hybridized carbons (Fsp3) is 0.441. The highest BCUT2D eigenvalue weighted by Gasteiger charge is 2.53. The third kappa shape index (κ3) is 5.20. The van der Waals surface area contributed by atoms with Crippen molar-refractivity contribution in [3.63, 3.8) is 0 Å². The number of aliphatic imine (C=N–C) groups is 1. The number of carbonyl (C=O) groups excluding carboxylic acids is 2. The molecule has 2 fully saturated rings. The Morgan fingerprint density at radius 3 is 2.66 bits per heavy atom. The highest BCUT2D eigenvalue weighted by molar-refractivity contribution is 5.99. The molecule has 6 N–H and O–H groups in total. The Morgan fingerprint density at radius 1 is 1.25 bits per heavy atom. The number of amides is 2. The number of hydrogen-bond acceptors (Lipinski definition) is 7. The fourth-order valence-electron chi connectivity index (χ4n) is 6.22. The normalized spacial score (nSPS) is 25.2. The molecule has 1 unspecified atom stereocenters. The van der Waals surface area contributed by atoms with Crippen molar-refractivity contribution >= 4 is 23.7 Å². The summed E-state index contributed by atoms with van der Waals surface area (Å²) in [4.78, 5) is 30.8. The van der Waals surface area contributed by atoms with Crippen molar-refractivity contribution < 1.29 is 23.5 Å². The van der Waals surface area contributed by atoms with Gasteiger partial charge in [0.05, 0.1) is 18.8 Å². The zero-order chi connectivity index (χ0) is 31.4. The maximum Gasteiger partial charge on any atom is 0.251 e. The highest BCUT2D eigenvalue weighted by atomic mass is 19.1. The van der Waals surface area contributed by atoms with Crippen molar-refractivity contribution in [3.8, 4) is 5.75 Å². The number of carbonyl (C=O) groups is 2. The van der Waals surface area contributed by atoms with E-state index < -0.39 is 16.9 Å². The van der Waals surface area contributed by atoms with Crippen molar-refractivity contribution in [2.45, 2.75) is 58.0 Å². The van der Waals surface area contributed by atoms with E-state index in [0.29, 0.717) is 63.5 Å². The molecule has 4 aliphatic rings. The van der Waals surface area contributed by atoms with Gasteiger partial charge in [0.2, 0.25) is 5.91 Å². The van der Waals surface area contributed by atoms with Gasteiger partial charge in [0.25, 0.3) is 5.91 Å². The minimum atomic E-state index is -1.10. The number of nitrogens with two attached hydrogens (primary N) is 2. The molecule has 2 amide bonds. The number of halogens is 1. The summed E-state index contributed by atoms with van der Waals surface area (Å²) in [6, 6.07) is 8.93. The van der Waals surface area contributed by atoms with Gasteiger partial charge >= 0.3 is 0 Å². The number of ether oxygens (including phenoxy) is 2. The number of aryl methyl sites for hydroxylation is 1. The number of rotatable bonds is 10. The van der Waals surface area contributed by atoms with E-state index in [1.807, 2.05) is 19.1 Å². The third-order valence-electron chi connectivity index (χ3n) is 9.47. The van der Waals surface area contributed by atoms with E-state index in [-0.39, 0.29) is 24.2 Å². The van der Waals surface area contributed by atoms with E-state index >= 15 is 4.39 Å². The van der Waals surface area contributed by atoms with Crippen LogP contribution in [0.3, 0.4) is 0 Å². The lowest BCUT2D eigenvalue weighted by atomic mass is 9.74. The number of anilines is 1. The molecule has 232 valence electrons. The first-order chi connectivity index (χ1) is 21.0. The van der Waals surface area contributed by atoms with Crippen LogP contribution in [-0.2, 0) is 15.1 Å². The van der Waals surface area contributed by atoms with Gasteiger partial charge in [0, 0.05) is 46.6 Å². The summed E-state index contributed by atoms with van der Waals surface area (Å²) < 4.78 is 27.3. The molecule has 0 bridgehead atoms. The van der Waals surface area contributed by atoms with Gasteiger partial charge in [-0.05, 0) is 76.1 Å². The van der Waals surface area contributed by atoms with E-state index in [9.17, 15) is 9.59 Å². The molecular weight excluding hydrogens is 561 g/mol. The summed E-state index contributed by atoms with van der Waals surface area (Å²) in [6.07, 6.45) is 7.73. The average molecular weight is 602 g/mol. The van der Waals surface area contributed by atoms with Crippen LogP contribution in [0.25, 0.3) is 0 Å². The van der Waals surface area contributed by atoms with Crippen LogP contribution >= 0.6 is 0 Å². The molecule has 9 nitrogen and oxygen atoms in total. The summed E-state index contributed by atoms with van der Waals surface area (Å²) in [5.74, 6) is -0.0579. The van der Waals surface area contributed by atoms with Crippen molar-refractivity contribution in [3.05, 3.63) is 81.5 Å². The van der Waals surface area contributed by atoms with Crippen LogP contribution < -0.4 is 26.8 Å². The molecule has 0 aromatic heterocycles. The van der Waals surface area contributed by atoms with Gasteiger partial charge in [-0.3, -0.25) is 14.6 Å². The van der Waals surface area contributed by atoms with E-state index in [2.05, 4.69) is 15.6 Å². The molecule has 2 aromatic carbocycles. The maximum atomic E-state index is 15.7. The van der Waals surface area contributed by atoms with Gasteiger partial charge in [-0.25, -0.2) is 4.39 Å². The molecule has 0 saturated heterocycles. The smallest absolute Gasteiger partial charge is 0.251 e. The average Bonchev–Trinajstić information content (AvgIpc) is 3.93. The van der Waals surface area contributed by atoms with Crippen molar-refractivity contribution in [2.75, 3.05) is 26.0 Å². The zero-order valence-corrected chi connectivity index (χ0v) is 25.6. The first-order valence-corrected chi connectivity index (χ1v) is 15.2. The number of primary amides is 1. The lowest BCUT2D eigenvalue weighted by molar-refractivity contribution is -0.125. The number of allylic oxidation sites excluding steroid dienone is 1. The fourth-order valence-corrected chi connectivity index (χ4v) is 6.22. The van der Waals surface area contributed by atoms with Gasteiger partial charge < -0.3 is 31.6 Å². The molecule has 2 saturated carbocycles. The van der Waals surface area contributed by atoms with Gasteiger partial charge in [0.1, 0.15) is 34.9 Å². The minimum absolute atomic E-state index is 0.0671. The summed E-state index contributed by atoms with van der Waals surface area (Å²) in [5, 5.41) is 6.71. The molecule has 3 atom stereocenters. The summed E-state index contributed by atoms with van der Waals surface area (Å²) in [7, 11) is 1.52. The van der Waals surface area contributed by atoms with E-state index in [4.69, 9.17) is 20.9 Å². The first kappa shape index (κ1) is 29.7. The number of nitrogen functional groups attached to an aromatic ring is 1. The van der Waals surface area contributed by atoms with Crippen LogP contribution in [0.4, 0.5) is 10.1 Å². The van der Waals surface area contributed by atoms with Crippen LogP contribution in [0.1, 0.15) is 66.6 Å². The second-order valence-electron chi connectivity index (χ2n) is 12.9. The molecule has 6 rings (SSSR count). The molecule has 2 aromatic rings. The molecule has 44 heavy (non-hydrogen) atoms. The summed E-state index contributed by atoms with van der Waals surface area (Å²) in [5.41, 5.74) is 13.9. The zero-order valence-electron chi connectivity index (χ0n) is 25.6. The number of dihydropyridines is 1. The Labute approximate surface area is 257 Å². The number of methoxy groups -OCH3 is 1. The lowest BCUT2D eigenvalue weighted by Gasteiger charge is -2.40. The van der Waals surface area contributed by atoms with E-state index in [0.717, 1.165) is 31.4 Å². The Balaban J connectivity index is 1.32. The number of nitrogens with zero attached hydrogens (tertiary/aromatic N) is 1. The summed E-state index contributed by atoms with van der Waals surface area (Å²) >= 11 is 0. The van der Waals surface area contributed by atoms with Gasteiger partial charge in [-0.1, -0.05) is 18.2 Å². The number of benzene rings is 2. The van der Waals surface area contributed by atoms with Crippen LogP contribution in [0, 0.1) is 30.0 Å². The number of nitrogens with one attached hydrogen (secondary N) is 2. The lowest BCUT2D eigenvalue weighted by Crippen LogP contribution is -2.48. The van der Waals surface area contributed by atoms with Crippen LogP contribution in [0.2, 0.25) is 0 Å². The maximum absolute atomic E-state index is 15.7. The highest BCUT2D eigenvalue weighted by Crippen LogP contribution is 2.51. The standard InChI is InChI=1S/C34H40FN5O4/c1-18-6-5-7-24(28(18)35)34(3)30-25(33(2,17-44-30)32(37)42)14-26(40-34)23(19-8-9-19)16-39-31(41)20-12-21(15-38-22-10-11-22)29(36)27(13-20)43-4/h5-7,12-15,19,22-23,40H,8-11,16-17,36H2,1-4H3,(H2,37,42)(H,39,41)/t23-,33-,34?/m0/s1. The van der Waals surface area contributed by atoms with Crippen LogP contribution in [0.5, 0.6) is 5.75 Å². The Morgan fingerprint density at radius 2 is 2.00 bits per heavy atom. The molecule has 2 aliphatic heterocycles. The second kappa shape index (κ2) is 11.0. The van der Waals surface area contributed by atoms with Gasteiger partial charge in [-0.15, -0.1) is 0 Å². The third-order valence-corrected chi connectivity index (χ3v) is 9.47. The predicted molar refractivity (Wildman–Crippen MR) is 167 cm³/mol. The second-order valence-corrected chi connectivity index (χ2v) is 12.9. The topological polar surface area (TPSA) is 141 Å². The van der Waals surface area contributed by atoms with E-state index in [1.165, 1.54) is 7.11 Å². The molecule has 2 aliphatic carbocycles. The molecular formula is C34H40FN5O4. The largest absolute Gasteiger partial charge is 0.495 e. The first-order valence-electron chi connectivity index (χ1n) is 15.2. The molecule has 10 heteroatoms. The molecule has 0 radical (unpaired) electrons. The van der Waals surface area contributed by atoms with Crippen molar-refractivity contribution in [1.29, 1.82) is 0 Å². The van der Waals surface area contributed by atoms with Gasteiger partial charge in [-0.2, -0.15) is 0 Å². The van der Waals surface area contributed by atoms with Gasteiger partial charge in [0.15, 0.2) is 0 Å².